The lowest BCUT2D eigenvalue weighted by molar-refractivity contribution is -0.138. The molecule has 0 saturated carbocycles. The molecular weight excluding hydrogens is 262 g/mol. The molecule has 1 rings (SSSR count). The average Bonchev–Trinajstić information content (AvgIpc) is 2.43. The zero-order valence-electron chi connectivity index (χ0n) is 11.4. The second-order valence-corrected chi connectivity index (χ2v) is 3.87. The third kappa shape index (κ3) is 5.01. The lowest BCUT2D eigenvalue weighted by Gasteiger charge is -2.11. The van der Waals surface area contributed by atoms with Gasteiger partial charge in [0.05, 0.1) is 7.11 Å². The highest BCUT2D eigenvalue weighted by Gasteiger charge is 2.08. The van der Waals surface area contributed by atoms with Crippen LogP contribution < -0.4 is 14.8 Å². The van der Waals surface area contributed by atoms with Crippen molar-refractivity contribution in [2.24, 2.45) is 0 Å². The van der Waals surface area contributed by atoms with E-state index in [-0.39, 0.29) is 6.61 Å². The van der Waals surface area contributed by atoms with E-state index in [0.717, 1.165) is 5.56 Å². The van der Waals surface area contributed by atoms with E-state index in [4.69, 9.17) is 14.6 Å². The third-order valence-corrected chi connectivity index (χ3v) is 2.34. The molecule has 0 aromatic heterocycles. The fourth-order valence-electron chi connectivity index (χ4n) is 1.47. The Hall–Kier alpha value is -2.50. The minimum atomic E-state index is -1.10. The van der Waals surface area contributed by atoms with Gasteiger partial charge in [-0.3, -0.25) is 9.59 Å². The van der Waals surface area contributed by atoms with E-state index >= 15 is 0 Å². The Morgan fingerprint density at radius 1 is 1.35 bits per heavy atom. The monoisotopic (exact) mass is 279 g/mol. The molecule has 0 bridgehead atoms. The molecule has 1 aromatic rings. The van der Waals surface area contributed by atoms with E-state index in [1.807, 2.05) is 25.1 Å². The minimum Gasteiger partial charge on any atom is -0.493 e. The number of carbonyl (C=O) groups is 2. The molecule has 6 heteroatoms. The first-order chi connectivity index (χ1) is 9.56. The minimum absolute atomic E-state index is 0.271. The van der Waals surface area contributed by atoms with Gasteiger partial charge in [-0.2, -0.15) is 0 Å². The molecule has 0 aliphatic rings. The zero-order valence-corrected chi connectivity index (χ0v) is 11.4. The summed E-state index contributed by atoms with van der Waals surface area (Å²) in [6, 6.07) is 5.30. The maximum absolute atomic E-state index is 11.3. The van der Waals surface area contributed by atoms with Crippen molar-refractivity contribution in [1.29, 1.82) is 0 Å². The molecule has 0 aliphatic heterocycles. The molecule has 20 heavy (non-hydrogen) atoms. The summed E-state index contributed by atoms with van der Waals surface area (Å²) in [5.41, 5.74) is 0.951. The van der Waals surface area contributed by atoms with Gasteiger partial charge >= 0.3 is 5.97 Å². The normalized spacial score (nSPS) is 10.3. The highest BCUT2D eigenvalue weighted by atomic mass is 16.5. The van der Waals surface area contributed by atoms with Crippen LogP contribution in [0.4, 0.5) is 0 Å². The van der Waals surface area contributed by atoms with Crippen molar-refractivity contribution in [2.45, 2.75) is 6.92 Å². The molecule has 0 saturated heterocycles. The number of methoxy groups -OCH3 is 1. The summed E-state index contributed by atoms with van der Waals surface area (Å²) < 4.78 is 10.5. The predicted octanol–water partition coefficient (Wildman–Crippen LogP) is 1.31. The van der Waals surface area contributed by atoms with Crippen molar-refractivity contribution in [2.75, 3.05) is 20.3 Å². The molecular formula is C14H17NO5. The molecule has 6 nitrogen and oxygen atoms in total. The molecule has 0 aliphatic carbocycles. The van der Waals surface area contributed by atoms with Gasteiger partial charge in [0, 0.05) is 0 Å². The van der Waals surface area contributed by atoms with Gasteiger partial charge in [0.25, 0.3) is 5.91 Å². The van der Waals surface area contributed by atoms with E-state index in [0.29, 0.717) is 11.5 Å². The van der Waals surface area contributed by atoms with Gasteiger partial charge in [-0.05, 0) is 24.6 Å². The number of aliphatic carboxylic acids is 1. The van der Waals surface area contributed by atoms with Gasteiger partial charge in [-0.25, -0.2) is 0 Å². The molecule has 0 atom stereocenters. The van der Waals surface area contributed by atoms with Crippen molar-refractivity contribution >= 4 is 18.0 Å². The number of hydrogen-bond donors (Lipinski definition) is 2. The van der Waals surface area contributed by atoms with Crippen LogP contribution in [0.3, 0.4) is 0 Å². The van der Waals surface area contributed by atoms with E-state index in [9.17, 15) is 9.59 Å². The van der Waals surface area contributed by atoms with Crippen molar-refractivity contribution < 1.29 is 24.2 Å². The standard InChI is InChI=1S/C14H17NO5/c1-3-4-10-5-6-11(12(7-10)19-2)20-9-13(16)15-8-14(17)18/h3-7H,8-9H2,1-2H3,(H,15,16)(H,17,18)/b4-3+. The Bertz CT molecular complexity index is 510. The molecule has 0 radical (unpaired) electrons. The number of ether oxygens (including phenoxy) is 2. The number of allylic oxidation sites excluding steroid dienone is 1. The zero-order chi connectivity index (χ0) is 15.0. The molecule has 108 valence electrons. The lowest BCUT2D eigenvalue weighted by atomic mass is 10.2. The van der Waals surface area contributed by atoms with Crippen LogP contribution in [0, 0.1) is 0 Å². The number of benzene rings is 1. The van der Waals surface area contributed by atoms with Crippen LogP contribution in [0.25, 0.3) is 6.08 Å². The van der Waals surface area contributed by atoms with E-state index < -0.39 is 18.4 Å². The Kier molecular flexibility index (Phi) is 6.09. The van der Waals surface area contributed by atoms with Crippen molar-refractivity contribution in [3.05, 3.63) is 29.8 Å². The van der Waals surface area contributed by atoms with Gasteiger partial charge < -0.3 is 19.9 Å². The average molecular weight is 279 g/mol. The quantitative estimate of drug-likeness (QED) is 0.786. The van der Waals surface area contributed by atoms with Gasteiger partial charge in [0.15, 0.2) is 18.1 Å². The largest absolute Gasteiger partial charge is 0.493 e. The maximum atomic E-state index is 11.3. The van der Waals surface area contributed by atoms with Crippen molar-refractivity contribution in [3.8, 4) is 11.5 Å². The van der Waals surface area contributed by atoms with Crippen LogP contribution >= 0.6 is 0 Å². The van der Waals surface area contributed by atoms with Crippen molar-refractivity contribution in [3.63, 3.8) is 0 Å². The summed E-state index contributed by atoms with van der Waals surface area (Å²) in [7, 11) is 1.51. The Balaban J connectivity index is 2.63. The summed E-state index contributed by atoms with van der Waals surface area (Å²) in [4.78, 5) is 21.6. The molecule has 1 aromatic carbocycles. The number of carboxylic acids is 1. The summed E-state index contributed by atoms with van der Waals surface area (Å²) in [6.07, 6.45) is 3.81. The first-order valence-corrected chi connectivity index (χ1v) is 5.99. The Morgan fingerprint density at radius 2 is 2.10 bits per heavy atom. The maximum Gasteiger partial charge on any atom is 0.322 e. The molecule has 0 spiro atoms. The highest BCUT2D eigenvalue weighted by Crippen LogP contribution is 2.28. The molecule has 0 unspecified atom stereocenters. The van der Waals surface area contributed by atoms with Gasteiger partial charge in [0.2, 0.25) is 0 Å². The summed E-state index contributed by atoms with van der Waals surface area (Å²) in [5.74, 6) is -0.684. The van der Waals surface area contributed by atoms with Crippen LogP contribution in [-0.4, -0.2) is 37.2 Å². The highest BCUT2D eigenvalue weighted by molar-refractivity contribution is 5.82. The molecule has 2 N–H and O–H groups in total. The molecule has 0 heterocycles. The number of rotatable bonds is 7. The second-order valence-electron chi connectivity index (χ2n) is 3.87. The van der Waals surface area contributed by atoms with Crippen LogP contribution in [0.15, 0.2) is 24.3 Å². The summed E-state index contributed by atoms with van der Waals surface area (Å²) in [5, 5.41) is 10.6. The fourth-order valence-corrected chi connectivity index (χ4v) is 1.47. The van der Waals surface area contributed by atoms with Gasteiger partial charge in [-0.1, -0.05) is 18.2 Å². The van der Waals surface area contributed by atoms with E-state index in [1.54, 1.807) is 12.1 Å². The first-order valence-electron chi connectivity index (χ1n) is 5.99. The van der Waals surface area contributed by atoms with Gasteiger partial charge in [-0.15, -0.1) is 0 Å². The number of nitrogens with one attached hydrogen (secondary N) is 1. The van der Waals surface area contributed by atoms with Crippen LogP contribution in [-0.2, 0) is 9.59 Å². The summed E-state index contributed by atoms with van der Waals surface area (Å²) in [6.45, 7) is 1.20. The predicted molar refractivity (Wildman–Crippen MR) is 73.8 cm³/mol. The summed E-state index contributed by atoms with van der Waals surface area (Å²) >= 11 is 0. The van der Waals surface area contributed by atoms with Gasteiger partial charge in [0.1, 0.15) is 6.54 Å². The van der Waals surface area contributed by atoms with E-state index in [1.165, 1.54) is 7.11 Å². The Labute approximate surface area is 117 Å². The van der Waals surface area contributed by atoms with Crippen LogP contribution in [0.1, 0.15) is 12.5 Å². The number of carbonyl (C=O) groups excluding carboxylic acids is 1. The fraction of sp³-hybridized carbons (Fsp3) is 0.286. The third-order valence-electron chi connectivity index (χ3n) is 2.34. The smallest absolute Gasteiger partial charge is 0.322 e. The Morgan fingerprint density at radius 3 is 2.70 bits per heavy atom. The number of carboxylic acid groups (broad SMARTS) is 1. The molecule has 0 fully saturated rings. The lowest BCUT2D eigenvalue weighted by Crippen LogP contribution is -2.33. The van der Waals surface area contributed by atoms with E-state index in [2.05, 4.69) is 5.32 Å². The van der Waals surface area contributed by atoms with Crippen molar-refractivity contribution in [1.82, 2.24) is 5.32 Å². The van der Waals surface area contributed by atoms with Crippen LogP contribution in [0.2, 0.25) is 0 Å². The first kappa shape index (κ1) is 15.6. The number of hydrogen-bond acceptors (Lipinski definition) is 4. The topological polar surface area (TPSA) is 84.9 Å². The van der Waals surface area contributed by atoms with Crippen LogP contribution in [0.5, 0.6) is 11.5 Å². The molecule has 1 amide bonds. The number of amides is 1. The SMILES string of the molecule is C/C=C/c1ccc(OCC(=O)NCC(=O)O)c(OC)c1. The second kappa shape index (κ2) is 7.83.